The Kier molecular flexibility index (Phi) is 27.0. The molecule has 6 N–H and O–H groups in total. The molecule has 40 heavy (non-hydrogen) atoms. The van der Waals surface area contributed by atoms with Crippen LogP contribution in [0.5, 0.6) is 0 Å². The van der Waals surface area contributed by atoms with Gasteiger partial charge in [-0.2, -0.15) is 0 Å². The molecule has 0 radical (unpaired) electrons. The van der Waals surface area contributed by atoms with Gasteiger partial charge in [0, 0.05) is 6.42 Å². The first kappa shape index (κ1) is 38.7. The number of rotatable bonds is 28. The van der Waals surface area contributed by atoms with Crippen LogP contribution in [0.1, 0.15) is 123 Å². The van der Waals surface area contributed by atoms with Crippen LogP contribution < -0.4 is 5.32 Å². The largest absolute Gasteiger partial charge is 0.394 e. The van der Waals surface area contributed by atoms with Crippen LogP contribution in [0.3, 0.4) is 0 Å². The lowest BCUT2D eigenvalue weighted by Gasteiger charge is -2.28. The van der Waals surface area contributed by atoms with E-state index in [0.717, 1.165) is 38.5 Å². The van der Waals surface area contributed by atoms with Gasteiger partial charge in [-0.1, -0.05) is 122 Å². The summed E-state index contributed by atoms with van der Waals surface area (Å²) in [6.07, 6.45) is 20.9. The standard InChI is InChI=1S/C32H61NO7/c1-3-5-7-9-11-12-13-14-15-17-18-20-22-28(35)32(39)27(25-40-26-30(37)29(36)24-34)33-31(38)23-21-19-16-10-8-6-4-2/h8,10,19,21,27-30,32,34-37,39H,3-7,9,11-18,20,22-26H2,1-2H3,(H,33,38)/b10-8-,21-19-/t27-,28+,29?,30+,32-/m0/s1. The van der Waals surface area contributed by atoms with Crippen LogP contribution in [0.15, 0.2) is 24.3 Å². The SMILES string of the molecule is CCC/C=C\C/C=C\CC(=O)N[C@@H](COC[C@@H](O)C(O)CO)[C@H](O)[C@H](O)CCCCCCCCCCCCCC. The number of hydrogen-bond donors (Lipinski definition) is 6. The summed E-state index contributed by atoms with van der Waals surface area (Å²) >= 11 is 0. The van der Waals surface area contributed by atoms with E-state index in [2.05, 4.69) is 31.3 Å². The van der Waals surface area contributed by atoms with Crippen molar-refractivity contribution in [3.63, 3.8) is 0 Å². The van der Waals surface area contributed by atoms with Crippen molar-refractivity contribution in [3.8, 4) is 0 Å². The van der Waals surface area contributed by atoms with E-state index in [9.17, 15) is 25.2 Å². The van der Waals surface area contributed by atoms with E-state index in [-0.39, 0.29) is 25.5 Å². The first-order valence-corrected chi connectivity index (χ1v) is 15.9. The molecule has 0 spiro atoms. The van der Waals surface area contributed by atoms with Gasteiger partial charge in [0.15, 0.2) is 0 Å². The number of amides is 1. The number of carbonyl (C=O) groups is 1. The van der Waals surface area contributed by atoms with E-state index < -0.39 is 37.1 Å². The van der Waals surface area contributed by atoms with Gasteiger partial charge in [-0.15, -0.1) is 0 Å². The second-order valence-corrected chi connectivity index (χ2v) is 10.9. The van der Waals surface area contributed by atoms with Crippen molar-refractivity contribution in [3.05, 3.63) is 24.3 Å². The zero-order valence-corrected chi connectivity index (χ0v) is 25.4. The van der Waals surface area contributed by atoms with Crippen molar-refractivity contribution in [2.45, 2.75) is 153 Å². The molecule has 0 saturated heterocycles. The van der Waals surface area contributed by atoms with Gasteiger partial charge >= 0.3 is 0 Å². The van der Waals surface area contributed by atoms with Crippen molar-refractivity contribution >= 4 is 5.91 Å². The highest BCUT2D eigenvalue weighted by molar-refractivity contribution is 5.77. The van der Waals surface area contributed by atoms with E-state index >= 15 is 0 Å². The molecule has 0 fully saturated rings. The third kappa shape index (κ3) is 22.4. The Morgan fingerprint density at radius 1 is 0.700 bits per heavy atom. The second-order valence-electron chi connectivity index (χ2n) is 10.9. The molecule has 0 aliphatic carbocycles. The van der Waals surface area contributed by atoms with E-state index in [4.69, 9.17) is 9.84 Å². The average molecular weight is 572 g/mol. The number of aliphatic hydroxyl groups excluding tert-OH is 5. The normalized spacial score (nSPS) is 15.9. The van der Waals surface area contributed by atoms with Crippen molar-refractivity contribution in [2.75, 3.05) is 19.8 Å². The van der Waals surface area contributed by atoms with Crippen molar-refractivity contribution in [1.29, 1.82) is 0 Å². The highest BCUT2D eigenvalue weighted by atomic mass is 16.5. The number of hydrogen-bond acceptors (Lipinski definition) is 7. The molecule has 8 nitrogen and oxygen atoms in total. The third-order valence-electron chi connectivity index (χ3n) is 7.09. The van der Waals surface area contributed by atoms with Crippen molar-refractivity contribution in [2.24, 2.45) is 0 Å². The average Bonchev–Trinajstić information content (AvgIpc) is 2.95. The van der Waals surface area contributed by atoms with E-state index in [0.29, 0.717) is 6.42 Å². The fourth-order valence-electron chi connectivity index (χ4n) is 4.42. The molecule has 0 aliphatic heterocycles. The smallest absolute Gasteiger partial charge is 0.224 e. The highest BCUT2D eigenvalue weighted by Gasteiger charge is 2.28. The maximum atomic E-state index is 12.5. The van der Waals surface area contributed by atoms with Gasteiger partial charge in [-0.25, -0.2) is 0 Å². The van der Waals surface area contributed by atoms with E-state index in [1.165, 1.54) is 57.8 Å². The van der Waals surface area contributed by atoms with Gasteiger partial charge in [0.05, 0.1) is 32.0 Å². The first-order chi connectivity index (χ1) is 19.4. The Labute approximate surface area is 243 Å². The molecule has 0 aromatic carbocycles. The molecule has 0 bridgehead atoms. The molecule has 0 aromatic rings. The molecule has 0 rings (SSSR count). The predicted molar refractivity (Wildman–Crippen MR) is 162 cm³/mol. The molecule has 0 aromatic heterocycles. The molecule has 1 unspecified atom stereocenters. The topological polar surface area (TPSA) is 139 Å². The summed E-state index contributed by atoms with van der Waals surface area (Å²) in [5.74, 6) is -0.310. The van der Waals surface area contributed by atoms with Crippen LogP contribution >= 0.6 is 0 Å². The predicted octanol–water partition coefficient (Wildman–Crippen LogP) is 4.71. The molecule has 0 heterocycles. The molecule has 5 atom stereocenters. The Morgan fingerprint density at radius 2 is 1.27 bits per heavy atom. The van der Waals surface area contributed by atoms with Crippen molar-refractivity contribution < 1.29 is 35.1 Å². The summed E-state index contributed by atoms with van der Waals surface area (Å²) in [6.45, 7) is 3.32. The van der Waals surface area contributed by atoms with Crippen LogP contribution in [0.25, 0.3) is 0 Å². The Hall–Kier alpha value is -1.29. The van der Waals surface area contributed by atoms with Gasteiger partial charge in [-0.05, 0) is 19.3 Å². The van der Waals surface area contributed by atoms with E-state index in [1.54, 1.807) is 6.08 Å². The maximum absolute atomic E-state index is 12.5. The summed E-state index contributed by atoms with van der Waals surface area (Å²) < 4.78 is 5.42. The summed E-state index contributed by atoms with van der Waals surface area (Å²) in [7, 11) is 0. The molecule has 8 heteroatoms. The van der Waals surface area contributed by atoms with E-state index in [1.807, 2.05) is 6.08 Å². The third-order valence-corrected chi connectivity index (χ3v) is 7.09. The van der Waals surface area contributed by atoms with Crippen LogP contribution in [0, 0.1) is 0 Å². The molecule has 0 saturated carbocycles. The zero-order valence-electron chi connectivity index (χ0n) is 25.4. The minimum absolute atomic E-state index is 0.130. The number of nitrogens with one attached hydrogen (secondary N) is 1. The lowest BCUT2D eigenvalue weighted by Crippen LogP contribution is -2.51. The number of carbonyl (C=O) groups excluding carboxylic acids is 1. The Morgan fingerprint density at radius 3 is 1.85 bits per heavy atom. The molecule has 0 aliphatic rings. The van der Waals surface area contributed by atoms with Crippen LogP contribution in [-0.4, -0.2) is 81.7 Å². The van der Waals surface area contributed by atoms with Gasteiger partial charge < -0.3 is 35.6 Å². The Balaban J connectivity index is 4.50. The summed E-state index contributed by atoms with van der Waals surface area (Å²) in [6, 6.07) is -0.879. The minimum atomic E-state index is -1.34. The fourth-order valence-corrected chi connectivity index (χ4v) is 4.42. The summed E-state index contributed by atoms with van der Waals surface area (Å²) in [5, 5.41) is 52.4. The van der Waals surface area contributed by atoms with Gasteiger partial charge in [0.25, 0.3) is 0 Å². The van der Waals surface area contributed by atoms with Crippen LogP contribution in [0.2, 0.25) is 0 Å². The van der Waals surface area contributed by atoms with Crippen molar-refractivity contribution in [1.82, 2.24) is 5.32 Å². The summed E-state index contributed by atoms with van der Waals surface area (Å²) in [5.41, 5.74) is 0. The quantitative estimate of drug-likeness (QED) is 0.0591. The molecular weight excluding hydrogens is 510 g/mol. The molecule has 236 valence electrons. The monoisotopic (exact) mass is 571 g/mol. The van der Waals surface area contributed by atoms with Gasteiger partial charge in [0.1, 0.15) is 18.3 Å². The Bertz CT molecular complexity index is 628. The number of allylic oxidation sites excluding steroid dienone is 3. The molecule has 1 amide bonds. The highest BCUT2D eigenvalue weighted by Crippen LogP contribution is 2.15. The molecular formula is C32H61NO7. The maximum Gasteiger partial charge on any atom is 0.224 e. The zero-order chi connectivity index (χ0) is 29.8. The minimum Gasteiger partial charge on any atom is -0.394 e. The first-order valence-electron chi connectivity index (χ1n) is 15.9. The van der Waals surface area contributed by atoms with Crippen LogP contribution in [0.4, 0.5) is 0 Å². The van der Waals surface area contributed by atoms with Crippen LogP contribution in [-0.2, 0) is 9.53 Å². The number of aliphatic hydroxyl groups is 5. The number of ether oxygens (including phenoxy) is 1. The summed E-state index contributed by atoms with van der Waals surface area (Å²) in [4.78, 5) is 12.5. The lowest BCUT2D eigenvalue weighted by atomic mass is 9.99. The second kappa shape index (κ2) is 27.9. The lowest BCUT2D eigenvalue weighted by molar-refractivity contribution is -0.124. The number of unbranched alkanes of at least 4 members (excludes halogenated alkanes) is 12. The van der Waals surface area contributed by atoms with Gasteiger partial charge in [-0.3, -0.25) is 4.79 Å². The van der Waals surface area contributed by atoms with Gasteiger partial charge in [0.2, 0.25) is 5.91 Å². The fraction of sp³-hybridized carbons (Fsp3) is 0.844.